The maximum Gasteiger partial charge on any atom is 0.126 e. The molecule has 0 atom stereocenters. The predicted octanol–water partition coefficient (Wildman–Crippen LogP) is 31.2. The van der Waals surface area contributed by atoms with Gasteiger partial charge in [-0.1, -0.05) is 177 Å². The number of benzene rings is 10. The minimum absolute atomic E-state index is 0. The van der Waals surface area contributed by atoms with Crippen molar-refractivity contribution in [2.75, 3.05) is 0 Å². The Morgan fingerprint density at radius 2 is 0.339 bits per heavy atom. The van der Waals surface area contributed by atoms with Gasteiger partial charge in [0.2, 0.25) is 0 Å². The van der Waals surface area contributed by atoms with Crippen molar-refractivity contribution in [3.05, 3.63) is 345 Å². The number of halogens is 4. The Morgan fingerprint density at radius 1 is 0.147 bits per heavy atom. The van der Waals surface area contributed by atoms with Crippen LogP contribution in [0.5, 0.6) is 0 Å². The molecule has 10 aromatic carbocycles. The molecule has 109 heavy (non-hydrogen) atoms. The molecule has 0 saturated heterocycles. The van der Waals surface area contributed by atoms with Crippen LogP contribution in [0.15, 0.2) is 121 Å². The van der Waals surface area contributed by atoms with Crippen molar-refractivity contribution in [3.8, 4) is 0 Å². The van der Waals surface area contributed by atoms with E-state index in [1.165, 1.54) is 139 Å². The first-order valence-electron chi connectivity index (χ1n) is 39.8. The van der Waals surface area contributed by atoms with Gasteiger partial charge in [-0.3, -0.25) is 0 Å². The summed E-state index contributed by atoms with van der Waals surface area (Å²) in [6.07, 6.45) is 8.78. The summed E-state index contributed by atoms with van der Waals surface area (Å²) in [6, 6.07) is 41.4. The van der Waals surface area contributed by atoms with Crippen molar-refractivity contribution in [1.29, 1.82) is 0 Å². The second-order valence-corrected chi connectivity index (χ2v) is 30.4. The molecule has 0 heterocycles. The Bertz CT molecular complexity index is 4060. The number of hydrogen-bond acceptors (Lipinski definition) is 0. The minimum atomic E-state index is -0.108. The van der Waals surface area contributed by atoms with Crippen LogP contribution < -0.4 is 0 Å². The minimum Gasteiger partial charge on any atom is -0.207 e. The third-order valence-corrected chi connectivity index (χ3v) is 21.4. The molecule has 0 aliphatic carbocycles. The Balaban J connectivity index is 0.00000119. The molecule has 4 heteroatoms. The summed E-state index contributed by atoms with van der Waals surface area (Å²) >= 11 is 0. The molecule has 0 unspecified atom stereocenters. The summed E-state index contributed by atoms with van der Waals surface area (Å²) in [5, 5.41) is 0. The van der Waals surface area contributed by atoms with E-state index in [0.717, 1.165) is 113 Å². The normalized spacial score (nSPS) is 10.1. The fourth-order valence-corrected chi connectivity index (χ4v) is 13.1. The first-order chi connectivity index (χ1) is 50.4. The molecule has 0 nitrogen and oxygen atoms in total. The Morgan fingerprint density at radius 3 is 0.679 bits per heavy atom. The van der Waals surface area contributed by atoms with Crippen LogP contribution in [0.4, 0.5) is 17.6 Å². The van der Waals surface area contributed by atoms with E-state index in [2.05, 4.69) is 246 Å². The largest absolute Gasteiger partial charge is 0.207 e. The fraction of sp³-hybridized carbons (Fsp3) is 0.429. The molecule has 0 bridgehead atoms. The lowest BCUT2D eigenvalue weighted by Crippen LogP contribution is -1.94. The monoisotopic (exact) mass is 1490 g/mol. The number of hydrogen-bond donors (Lipinski definition) is 0. The first kappa shape index (κ1) is 101. The van der Waals surface area contributed by atoms with Gasteiger partial charge in [0, 0.05) is 0 Å². The van der Waals surface area contributed by atoms with Crippen LogP contribution >= 0.6 is 0 Å². The van der Waals surface area contributed by atoms with E-state index >= 15 is 0 Å². The molecular weight excluding hydrogens is 1340 g/mol. The average molecular weight is 1490 g/mol. The van der Waals surface area contributed by atoms with Crippen molar-refractivity contribution in [1.82, 2.24) is 0 Å². The van der Waals surface area contributed by atoms with Gasteiger partial charge in [-0.25, -0.2) is 17.6 Å². The zero-order valence-electron chi connectivity index (χ0n) is 74.7. The van der Waals surface area contributed by atoms with E-state index in [-0.39, 0.29) is 30.7 Å². The van der Waals surface area contributed by atoms with Crippen molar-refractivity contribution >= 4 is 0 Å². The standard InChI is InChI=1S/2C12H18.2C11H16.2C10H13F.2C10H14.2C9H11F.CH4/c1-5-11-7-10(4)12(6-2)8-9(11)3;1-5-11-7-9(3)8-12(6-2)10(11)4;1-5-11-7-9(3)8(2)6-10(11)4;1-5-11-7-8(2)6-9(3)10(11)4;1-4-9-5-8(3)10(11)6-7(9)2;1-4-9-5-7(2)6-10(11)8(9)3;1-7-5-9(3)10(4)6-8(7)2;1-7-5-8(2)10(4)9(3)6-7;1-6-4-8(3)9(10)5-7(6)2;1-6-4-7(2)8(3)9(10)5-6;/h2*7-8H,5-6H2,1-4H3;2*6-7H,5H2,1-4H3;2*5-6H,4H2,1-3H3;2*5-6H,1-4H3;2*4-5H,1-3H3;1H4. The van der Waals surface area contributed by atoms with E-state index in [1.54, 1.807) is 45.0 Å². The second kappa shape index (κ2) is 49.9. The second-order valence-electron chi connectivity index (χ2n) is 30.4. The molecule has 10 aromatic rings. The fourth-order valence-electron chi connectivity index (χ4n) is 13.1. The van der Waals surface area contributed by atoms with Gasteiger partial charge in [-0.2, -0.15) is 0 Å². The van der Waals surface area contributed by atoms with Gasteiger partial charge in [0.05, 0.1) is 0 Å². The highest BCUT2D eigenvalue weighted by atomic mass is 19.1. The molecule has 0 fully saturated rings. The van der Waals surface area contributed by atoms with Crippen LogP contribution in [0.3, 0.4) is 0 Å². The van der Waals surface area contributed by atoms with Crippen molar-refractivity contribution in [3.63, 3.8) is 0 Å². The first-order valence-corrected chi connectivity index (χ1v) is 39.8. The molecule has 0 spiro atoms. The lowest BCUT2D eigenvalue weighted by molar-refractivity contribution is 0.614. The van der Waals surface area contributed by atoms with Crippen LogP contribution in [0, 0.1) is 217 Å². The predicted molar refractivity (Wildman–Crippen MR) is 479 cm³/mol. The molecule has 10 rings (SSSR count). The summed E-state index contributed by atoms with van der Waals surface area (Å²) in [7, 11) is 0. The average Bonchev–Trinajstić information content (AvgIpc) is 0.804. The molecule has 596 valence electrons. The Labute approximate surface area is 666 Å². The van der Waals surface area contributed by atoms with Crippen LogP contribution in [-0.2, 0) is 51.4 Å². The summed E-state index contributed by atoms with van der Waals surface area (Å²) in [5.41, 5.74) is 46.0. The molecule has 0 aliphatic heterocycles. The molecule has 0 N–H and O–H groups in total. The molecule has 0 aromatic heterocycles. The SMILES string of the molecule is C.CCc1cc(C)c(C)cc1C.CCc1cc(C)c(CC)cc1C.CCc1cc(C)c(F)cc1C.CCc1cc(C)cc(C)c1C.CCc1cc(C)cc(CC)c1C.CCc1cc(C)cc(F)c1C.Cc1cc(C)c(C)c(C)c1.Cc1cc(C)c(C)c(F)c1.Cc1cc(C)c(C)cc1C.Cc1cc(C)c(F)cc1C. The van der Waals surface area contributed by atoms with Gasteiger partial charge in [0.1, 0.15) is 23.3 Å². The van der Waals surface area contributed by atoms with Gasteiger partial charge in [0.25, 0.3) is 0 Å². The zero-order chi connectivity index (χ0) is 82.9. The highest BCUT2D eigenvalue weighted by Gasteiger charge is 2.08. The zero-order valence-corrected chi connectivity index (χ0v) is 74.7. The van der Waals surface area contributed by atoms with Crippen molar-refractivity contribution in [2.24, 2.45) is 0 Å². The molecule has 0 aliphatic rings. The summed E-state index contributed by atoms with van der Waals surface area (Å²) in [6.45, 7) is 75.4. The van der Waals surface area contributed by atoms with Gasteiger partial charge in [-0.05, 0) is 453 Å². The maximum absolute atomic E-state index is 13.0. The number of aryl methyl sites for hydroxylation is 31. The van der Waals surface area contributed by atoms with Crippen LogP contribution in [-0.4, -0.2) is 0 Å². The van der Waals surface area contributed by atoms with Crippen LogP contribution in [0.2, 0.25) is 0 Å². The third kappa shape index (κ3) is 34.0. The van der Waals surface area contributed by atoms with E-state index in [1.807, 2.05) is 79.7 Å². The lowest BCUT2D eigenvalue weighted by atomic mass is 9.96. The van der Waals surface area contributed by atoms with Crippen LogP contribution in [0.1, 0.15) is 263 Å². The summed E-state index contributed by atoms with van der Waals surface area (Å²) < 4.78 is 51.5. The Hall–Kier alpha value is -8.08. The Kier molecular flexibility index (Phi) is 46.2. The van der Waals surface area contributed by atoms with Gasteiger partial charge in [0.15, 0.2) is 0 Å². The lowest BCUT2D eigenvalue weighted by Gasteiger charge is -2.09. The van der Waals surface area contributed by atoms with Crippen molar-refractivity contribution in [2.45, 2.75) is 308 Å². The van der Waals surface area contributed by atoms with E-state index in [9.17, 15) is 17.6 Å². The van der Waals surface area contributed by atoms with E-state index in [4.69, 9.17) is 0 Å². The topological polar surface area (TPSA) is 0 Å². The van der Waals surface area contributed by atoms with E-state index in [0.29, 0.717) is 0 Å². The quantitative estimate of drug-likeness (QED) is 0.133. The maximum atomic E-state index is 13.0. The molecule has 0 saturated carbocycles. The third-order valence-electron chi connectivity index (χ3n) is 21.4. The van der Waals surface area contributed by atoms with Gasteiger partial charge >= 0.3 is 0 Å². The summed E-state index contributed by atoms with van der Waals surface area (Å²) in [5.74, 6) is -0.387. The van der Waals surface area contributed by atoms with E-state index < -0.39 is 0 Å². The summed E-state index contributed by atoms with van der Waals surface area (Å²) in [4.78, 5) is 0. The molecule has 0 amide bonds. The highest BCUT2D eigenvalue weighted by molar-refractivity contribution is 5.43. The van der Waals surface area contributed by atoms with Gasteiger partial charge in [-0.15, -0.1) is 0 Å². The smallest absolute Gasteiger partial charge is 0.126 e. The van der Waals surface area contributed by atoms with Crippen LogP contribution in [0.25, 0.3) is 0 Å². The molecule has 0 radical (unpaired) electrons. The van der Waals surface area contributed by atoms with Crippen molar-refractivity contribution < 1.29 is 17.6 Å². The highest BCUT2D eigenvalue weighted by Crippen LogP contribution is 2.23. The van der Waals surface area contributed by atoms with Gasteiger partial charge < -0.3 is 0 Å². The number of rotatable bonds is 8. The molecular formula is C105H148F4.